The summed E-state index contributed by atoms with van der Waals surface area (Å²) in [4.78, 5) is 0. The van der Waals surface area contributed by atoms with Crippen LogP contribution in [-0.4, -0.2) is 6.29 Å². The minimum absolute atomic E-state index is 0. The normalized spacial score (nSPS) is 17.1. The Morgan fingerprint density at radius 1 is 1.28 bits per heavy atom. The summed E-state index contributed by atoms with van der Waals surface area (Å²) in [6, 6.07) is 4.54. The first-order valence-electron chi connectivity index (χ1n) is 5.67. The third-order valence-corrected chi connectivity index (χ3v) is 2.72. The van der Waals surface area contributed by atoms with Crippen LogP contribution in [0.4, 0.5) is 8.78 Å². The predicted molar refractivity (Wildman–Crippen MR) is 66.3 cm³/mol. The fourth-order valence-corrected chi connectivity index (χ4v) is 1.79. The van der Waals surface area contributed by atoms with Crippen LogP contribution in [0.25, 0.3) is 0 Å². The van der Waals surface area contributed by atoms with Crippen LogP contribution in [0, 0.1) is 0 Å². The predicted octanol–water partition coefficient (Wildman–Crippen LogP) is 3.62. The largest absolute Gasteiger partial charge is 0.586 e. The molecule has 3 nitrogen and oxygen atoms in total. The van der Waals surface area contributed by atoms with Crippen LogP contribution >= 0.6 is 12.4 Å². The fraction of sp³-hybridized carbons (Fsp3) is 0.500. The average molecular weight is 280 g/mol. The molecule has 0 saturated heterocycles. The number of fused-ring (bicyclic) bond motifs is 1. The standard InChI is InChI=1S/C12H15F2NO2.ClH/c1-2-3-4-9(15)8-5-6-10-11(7-8)17-12(13,14)16-10;/h5-7,9H,2-4,15H2,1H3;1H/t9-;/m0./s1. The van der Waals surface area contributed by atoms with Gasteiger partial charge in [0, 0.05) is 6.04 Å². The molecule has 1 aliphatic rings. The molecular formula is C12H16ClF2NO2. The maximum absolute atomic E-state index is 12.8. The van der Waals surface area contributed by atoms with E-state index in [1.54, 1.807) is 6.07 Å². The minimum Gasteiger partial charge on any atom is -0.395 e. The molecule has 0 aromatic heterocycles. The van der Waals surface area contributed by atoms with Gasteiger partial charge in [-0.3, -0.25) is 0 Å². The van der Waals surface area contributed by atoms with E-state index in [-0.39, 0.29) is 29.9 Å². The van der Waals surface area contributed by atoms with Crippen molar-refractivity contribution >= 4 is 12.4 Å². The van der Waals surface area contributed by atoms with Gasteiger partial charge in [-0.15, -0.1) is 21.2 Å². The van der Waals surface area contributed by atoms with Gasteiger partial charge >= 0.3 is 6.29 Å². The van der Waals surface area contributed by atoms with Crippen molar-refractivity contribution in [2.75, 3.05) is 0 Å². The molecule has 0 amide bonds. The van der Waals surface area contributed by atoms with Gasteiger partial charge in [0.05, 0.1) is 0 Å². The number of alkyl halides is 2. The Morgan fingerprint density at radius 3 is 2.61 bits per heavy atom. The van der Waals surface area contributed by atoms with Gasteiger partial charge in [-0.2, -0.15) is 0 Å². The van der Waals surface area contributed by atoms with Crippen LogP contribution in [0.5, 0.6) is 11.5 Å². The third-order valence-electron chi connectivity index (χ3n) is 2.72. The van der Waals surface area contributed by atoms with Gasteiger partial charge in [0.25, 0.3) is 0 Å². The number of benzene rings is 1. The lowest BCUT2D eigenvalue weighted by Gasteiger charge is -2.11. The van der Waals surface area contributed by atoms with E-state index in [1.807, 2.05) is 0 Å². The molecule has 1 aliphatic heterocycles. The zero-order valence-electron chi connectivity index (χ0n) is 9.99. The lowest BCUT2D eigenvalue weighted by molar-refractivity contribution is -0.286. The number of rotatable bonds is 4. The van der Waals surface area contributed by atoms with Gasteiger partial charge in [-0.1, -0.05) is 25.8 Å². The molecule has 0 unspecified atom stereocenters. The van der Waals surface area contributed by atoms with Crippen molar-refractivity contribution in [3.63, 3.8) is 0 Å². The molecule has 0 spiro atoms. The van der Waals surface area contributed by atoms with Crippen molar-refractivity contribution in [1.82, 2.24) is 0 Å². The maximum atomic E-state index is 12.8. The Bertz CT molecular complexity index is 415. The Morgan fingerprint density at radius 2 is 1.94 bits per heavy atom. The minimum atomic E-state index is -3.56. The van der Waals surface area contributed by atoms with Gasteiger partial charge in [0.2, 0.25) is 0 Å². The fourth-order valence-electron chi connectivity index (χ4n) is 1.79. The zero-order valence-corrected chi connectivity index (χ0v) is 10.8. The summed E-state index contributed by atoms with van der Waals surface area (Å²) >= 11 is 0. The molecule has 1 aromatic rings. The number of unbranched alkanes of at least 4 members (excludes halogenated alkanes) is 1. The summed E-state index contributed by atoms with van der Waals surface area (Å²) in [5, 5.41) is 0. The molecule has 2 rings (SSSR count). The Kier molecular flexibility index (Phi) is 4.76. The highest BCUT2D eigenvalue weighted by Crippen LogP contribution is 2.42. The van der Waals surface area contributed by atoms with Crippen LogP contribution in [0.2, 0.25) is 0 Å². The molecule has 1 heterocycles. The van der Waals surface area contributed by atoms with E-state index < -0.39 is 6.29 Å². The summed E-state index contributed by atoms with van der Waals surface area (Å²) in [7, 11) is 0. The first kappa shape index (κ1) is 15.0. The van der Waals surface area contributed by atoms with Gasteiger partial charge in [-0.05, 0) is 24.1 Å². The monoisotopic (exact) mass is 279 g/mol. The number of hydrogen-bond acceptors (Lipinski definition) is 3. The maximum Gasteiger partial charge on any atom is 0.586 e. The van der Waals surface area contributed by atoms with Crippen LogP contribution in [0.3, 0.4) is 0 Å². The van der Waals surface area contributed by atoms with Crippen molar-refractivity contribution in [2.45, 2.75) is 38.5 Å². The topological polar surface area (TPSA) is 44.5 Å². The highest BCUT2D eigenvalue weighted by atomic mass is 35.5. The quantitative estimate of drug-likeness (QED) is 0.915. The molecule has 0 fully saturated rings. The number of halogens is 3. The molecule has 1 atom stereocenters. The summed E-state index contributed by atoms with van der Waals surface area (Å²) in [6.07, 6.45) is -0.677. The zero-order chi connectivity index (χ0) is 12.5. The van der Waals surface area contributed by atoms with E-state index in [4.69, 9.17) is 5.73 Å². The smallest absolute Gasteiger partial charge is 0.395 e. The molecule has 18 heavy (non-hydrogen) atoms. The van der Waals surface area contributed by atoms with Gasteiger partial charge in [0.15, 0.2) is 11.5 Å². The van der Waals surface area contributed by atoms with Gasteiger partial charge in [0.1, 0.15) is 0 Å². The Balaban J connectivity index is 0.00000162. The number of nitrogens with two attached hydrogens (primary N) is 1. The molecule has 0 saturated carbocycles. The van der Waals surface area contributed by atoms with Crippen molar-refractivity contribution in [3.8, 4) is 11.5 Å². The Hall–Kier alpha value is -1.07. The van der Waals surface area contributed by atoms with Crippen molar-refractivity contribution in [1.29, 1.82) is 0 Å². The van der Waals surface area contributed by atoms with Gasteiger partial charge in [-0.25, -0.2) is 0 Å². The summed E-state index contributed by atoms with van der Waals surface area (Å²) in [6.45, 7) is 2.08. The first-order valence-corrected chi connectivity index (χ1v) is 5.67. The van der Waals surface area contributed by atoms with Crippen LogP contribution < -0.4 is 15.2 Å². The molecule has 0 radical (unpaired) electrons. The van der Waals surface area contributed by atoms with E-state index in [0.29, 0.717) is 0 Å². The van der Waals surface area contributed by atoms with Crippen LogP contribution in [-0.2, 0) is 0 Å². The van der Waals surface area contributed by atoms with E-state index in [0.717, 1.165) is 24.8 Å². The van der Waals surface area contributed by atoms with Crippen molar-refractivity contribution in [3.05, 3.63) is 23.8 Å². The van der Waals surface area contributed by atoms with Crippen molar-refractivity contribution in [2.24, 2.45) is 5.73 Å². The summed E-state index contributed by atoms with van der Waals surface area (Å²) in [5.41, 5.74) is 6.75. The summed E-state index contributed by atoms with van der Waals surface area (Å²) < 4.78 is 34.3. The summed E-state index contributed by atoms with van der Waals surface area (Å²) in [5.74, 6) is 0.112. The highest BCUT2D eigenvalue weighted by molar-refractivity contribution is 5.85. The molecular weight excluding hydrogens is 264 g/mol. The molecule has 6 heteroatoms. The molecule has 102 valence electrons. The highest BCUT2D eigenvalue weighted by Gasteiger charge is 2.43. The second-order valence-electron chi connectivity index (χ2n) is 4.12. The molecule has 1 aromatic carbocycles. The van der Waals surface area contributed by atoms with Gasteiger partial charge < -0.3 is 15.2 Å². The van der Waals surface area contributed by atoms with E-state index in [2.05, 4.69) is 16.4 Å². The van der Waals surface area contributed by atoms with Crippen molar-refractivity contribution < 1.29 is 18.3 Å². The average Bonchev–Trinajstić information content (AvgIpc) is 2.58. The third kappa shape index (κ3) is 3.23. The lowest BCUT2D eigenvalue weighted by Crippen LogP contribution is -2.25. The first-order chi connectivity index (χ1) is 8.02. The second kappa shape index (κ2) is 5.71. The molecule has 0 bridgehead atoms. The second-order valence-corrected chi connectivity index (χ2v) is 4.12. The number of hydrogen-bond donors (Lipinski definition) is 1. The molecule has 2 N–H and O–H groups in total. The van der Waals surface area contributed by atoms with E-state index in [1.165, 1.54) is 12.1 Å². The Labute approximate surface area is 111 Å². The van der Waals surface area contributed by atoms with Crippen LogP contribution in [0.15, 0.2) is 18.2 Å². The lowest BCUT2D eigenvalue weighted by atomic mass is 10.0. The van der Waals surface area contributed by atoms with E-state index >= 15 is 0 Å². The van der Waals surface area contributed by atoms with E-state index in [9.17, 15) is 8.78 Å². The SMILES string of the molecule is CCCC[C@H](N)c1ccc2c(c1)OC(F)(F)O2.Cl. The number of ether oxygens (including phenoxy) is 2. The molecule has 0 aliphatic carbocycles. The van der Waals surface area contributed by atoms with Crippen LogP contribution in [0.1, 0.15) is 37.8 Å².